The van der Waals surface area contributed by atoms with E-state index in [0.717, 1.165) is 12.8 Å². The molecule has 1 amide bonds. The van der Waals surface area contributed by atoms with Crippen molar-refractivity contribution in [3.63, 3.8) is 0 Å². The molecular formula is C9H15NO. The van der Waals surface area contributed by atoms with Crippen molar-refractivity contribution in [2.45, 2.75) is 39.0 Å². The molecule has 1 aliphatic rings. The van der Waals surface area contributed by atoms with Crippen molar-refractivity contribution in [2.75, 3.05) is 0 Å². The van der Waals surface area contributed by atoms with Crippen LogP contribution in [-0.2, 0) is 4.79 Å². The number of carbonyl (C=O) groups excluding carboxylic acids is 1. The van der Waals surface area contributed by atoms with Crippen molar-refractivity contribution in [1.29, 1.82) is 0 Å². The summed E-state index contributed by atoms with van der Waals surface area (Å²) in [5, 5.41) is 0. The maximum absolute atomic E-state index is 10.6. The number of rotatable bonds is 2. The van der Waals surface area contributed by atoms with Crippen molar-refractivity contribution in [2.24, 2.45) is 5.73 Å². The number of hydrogen-bond acceptors (Lipinski definition) is 1. The van der Waals surface area contributed by atoms with Crippen LogP contribution in [0.15, 0.2) is 11.1 Å². The summed E-state index contributed by atoms with van der Waals surface area (Å²) in [4.78, 5) is 10.6. The average molecular weight is 153 g/mol. The van der Waals surface area contributed by atoms with Crippen LogP contribution in [0.4, 0.5) is 0 Å². The monoisotopic (exact) mass is 153 g/mol. The number of hydrogen-bond donors (Lipinski definition) is 1. The molecule has 0 aromatic rings. The van der Waals surface area contributed by atoms with Crippen LogP contribution in [0.5, 0.6) is 0 Å². The van der Waals surface area contributed by atoms with E-state index in [1.54, 1.807) is 0 Å². The third kappa shape index (κ3) is 2.37. The lowest BCUT2D eigenvalue weighted by atomic mass is 9.91. The highest BCUT2D eigenvalue weighted by atomic mass is 16.1. The summed E-state index contributed by atoms with van der Waals surface area (Å²) < 4.78 is 0. The molecule has 0 aromatic heterocycles. The molecule has 2 heteroatoms. The minimum absolute atomic E-state index is 0.193. The quantitative estimate of drug-likeness (QED) is 0.603. The molecule has 0 aliphatic heterocycles. The van der Waals surface area contributed by atoms with Gasteiger partial charge in [0.2, 0.25) is 5.91 Å². The summed E-state index contributed by atoms with van der Waals surface area (Å²) >= 11 is 0. The van der Waals surface area contributed by atoms with Crippen LogP contribution in [0.2, 0.25) is 0 Å². The van der Waals surface area contributed by atoms with Crippen LogP contribution in [-0.4, -0.2) is 5.91 Å². The summed E-state index contributed by atoms with van der Waals surface area (Å²) in [5.74, 6) is -0.193. The van der Waals surface area contributed by atoms with Gasteiger partial charge in [-0.25, -0.2) is 0 Å². The topological polar surface area (TPSA) is 43.1 Å². The zero-order valence-electron chi connectivity index (χ0n) is 7.02. The molecule has 2 nitrogen and oxygen atoms in total. The molecule has 0 heterocycles. The Morgan fingerprint density at radius 3 is 2.64 bits per heavy atom. The van der Waals surface area contributed by atoms with E-state index in [9.17, 15) is 4.79 Å². The van der Waals surface area contributed by atoms with Gasteiger partial charge in [0, 0.05) is 6.42 Å². The fraction of sp³-hybridized carbons (Fsp3) is 0.667. The summed E-state index contributed by atoms with van der Waals surface area (Å²) in [7, 11) is 0. The molecule has 0 atom stereocenters. The van der Waals surface area contributed by atoms with E-state index in [4.69, 9.17) is 5.73 Å². The van der Waals surface area contributed by atoms with Gasteiger partial charge in [0.25, 0.3) is 0 Å². The number of allylic oxidation sites excluding steroid dienone is 1. The van der Waals surface area contributed by atoms with Gasteiger partial charge in [-0.1, -0.05) is 11.1 Å². The lowest BCUT2D eigenvalue weighted by molar-refractivity contribution is -0.117. The van der Waals surface area contributed by atoms with Gasteiger partial charge in [-0.2, -0.15) is 0 Å². The summed E-state index contributed by atoms with van der Waals surface area (Å²) in [6.45, 7) is 2.11. The van der Waals surface area contributed by atoms with E-state index < -0.39 is 0 Å². The van der Waals surface area contributed by atoms with E-state index in [-0.39, 0.29) is 5.91 Å². The Balaban J connectivity index is 2.59. The summed E-state index contributed by atoms with van der Waals surface area (Å²) in [6.07, 6.45) is 5.21. The molecule has 62 valence electrons. The Bertz CT molecular complexity index is 194. The van der Waals surface area contributed by atoms with Crippen molar-refractivity contribution >= 4 is 5.91 Å². The lowest BCUT2D eigenvalue weighted by Crippen LogP contribution is -2.13. The fourth-order valence-electron chi connectivity index (χ4n) is 1.57. The van der Waals surface area contributed by atoms with E-state index in [2.05, 4.69) is 6.92 Å². The first-order valence-corrected chi connectivity index (χ1v) is 4.16. The third-order valence-corrected chi connectivity index (χ3v) is 2.27. The average Bonchev–Trinajstić information content (AvgIpc) is 1.93. The minimum atomic E-state index is -0.193. The van der Waals surface area contributed by atoms with Gasteiger partial charge in [-0.3, -0.25) is 4.79 Å². The molecule has 0 fully saturated rings. The van der Waals surface area contributed by atoms with Crippen LogP contribution >= 0.6 is 0 Å². The highest BCUT2D eigenvalue weighted by molar-refractivity contribution is 5.76. The minimum Gasteiger partial charge on any atom is -0.369 e. The van der Waals surface area contributed by atoms with Crippen LogP contribution in [0.3, 0.4) is 0 Å². The maximum Gasteiger partial charge on any atom is 0.221 e. The first-order valence-electron chi connectivity index (χ1n) is 4.16. The van der Waals surface area contributed by atoms with Gasteiger partial charge < -0.3 is 5.73 Å². The van der Waals surface area contributed by atoms with Crippen molar-refractivity contribution < 1.29 is 4.79 Å². The molecule has 11 heavy (non-hydrogen) atoms. The van der Waals surface area contributed by atoms with Crippen molar-refractivity contribution in [3.05, 3.63) is 11.1 Å². The SMILES string of the molecule is CC1=C(CC(N)=O)CCCC1. The number of primary amides is 1. The van der Waals surface area contributed by atoms with Gasteiger partial charge in [-0.05, 0) is 32.6 Å². The molecule has 0 radical (unpaired) electrons. The van der Waals surface area contributed by atoms with Gasteiger partial charge in [0.05, 0.1) is 0 Å². The van der Waals surface area contributed by atoms with E-state index in [1.807, 2.05) is 0 Å². The van der Waals surface area contributed by atoms with E-state index >= 15 is 0 Å². The molecule has 0 saturated carbocycles. The highest BCUT2D eigenvalue weighted by Gasteiger charge is 2.10. The first kappa shape index (κ1) is 8.31. The van der Waals surface area contributed by atoms with E-state index in [1.165, 1.54) is 24.0 Å². The maximum atomic E-state index is 10.6. The number of amides is 1. The molecule has 0 saturated heterocycles. The molecule has 0 spiro atoms. The third-order valence-electron chi connectivity index (χ3n) is 2.27. The predicted molar refractivity (Wildman–Crippen MR) is 45.0 cm³/mol. The number of nitrogens with two attached hydrogens (primary N) is 1. The van der Waals surface area contributed by atoms with Crippen LogP contribution in [0.1, 0.15) is 39.0 Å². The molecule has 2 N–H and O–H groups in total. The number of carbonyl (C=O) groups is 1. The van der Waals surface area contributed by atoms with Crippen molar-refractivity contribution in [3.8, 4) is 0 Å². The second-order valence-corrected chi connectivity index (χ2v) is 3.23. The zero-order valence-corrected chi connectivity index (χ0v) is 7.02. The molecular weight excluding hydrogens is 138 g/mol. The second-order valence-electron chi connectivity index (χ2n) is 3.23. The summed E-state index contributed by atoms with van der Waals surface area (Å²) in [5.41, 5.74) is 7.78. The van der Waals surface area contributed by atoms with Gasteiger partial charge in [0.1, 0.15) is 0 Å². The molecule has 0 bridgehead atoms. The van der Waals surface area contributed by atoms with Gasteiger partial charge in [-0.15, -0.1) is 0 Å². The Hall–Kier alpha value is -0.790. The molecule has 1 aliphatic carbocycles. The molecule has 0 aromatic carbocycles. The smallest absolute Gasteiger partial charge is 0.221 e. The molecule has 1 rings (SSSR count). The highest BCUT2D eigenvalue weighted by Crippen LogP contribution is 2.25. The largest absolute Gasteiger partial charge is 0.369 e. The van der Waals surface area contributed by atoms with Crippen molar-refractivity contribution in [1.82, 2.24) is 0 Å². The molecule has 0 unspecified atom stereocenters. The second kappa shape index (κ2) is 3.56. The van der Waals surface area contributed by atoms with Gasteiger partial charge >= 0.3 is 0 Å². The fourth-order valence-corrected chi connectivity index (χ4v) is 1.57. The van der Waals surface area contributed by atoms with Crippen LogP contribution in [0.25, 0.3) is 0 Å². The zero-order chi connectivity index (χ0) is 8.27. The first-order chi connectivity index (χ1) is 5.20. The van der Waals surface area contributed by atoms with E-state index in [0.29, 0.717) is 6.42 Å². The standard InChI is InChI=1S/C9H15NO/c1-7-4-2-3-5-8(7)6-9(10)11/h2-6H2,1H3,(H2,10,11). The Morgan fingerprint density at radius 1 is 1.45 bits per heavy atom. The van der Waals surface area contributed by atoms with Crippen LogP contribution in [0, 0.1) is 0 Å². The Kier molecular flexibility index (Phi) is 2.69. The lowest BCUT2D eigenvalue weighted by Gasteiger charge is -2.15. The van der Waals surface area contributed by atoms with Gasteiger partial charge in [0.15, 0.2) is 0 Å². The Morgan fingerprint density at radius 2 is 2.09 bits per heavy atom. The normalized spacial score (nSPS) is 18.6. The van der Waals surface area contributed by atoms with Crippen LogP contribution < -0.4 is 5.73 Å². The summed E-state index contributed by atoms with van der Waals surface area (Å²) in [6, 6.07) is 0. The Labute approximate surface area is 67.5 Å². The predicted octanol–water partition coefficient (Wildman–Crippen LogP) is 1.75.